The van der Waals surface area contributed by atoms with Gasteiger partial charge in [0.1, 0.15) is 0 Å². The van der Waals surface area contributed by atoms with Crippen molar-refractivity contribution in [3.05, 3.63) is 33.8 Å². The lowest BCUT2D eigenvalue weighted by molar-refractivity contribution is -0.124. The molecule has 120 valence electrons. The Labute approximate surface area is 140 Å². The zero-order valence-corrected chi connectivity index (χ0v) is 13.8. The molecule has 0 heterocycles. The zero-order valence-electron chi connectivity index (χ0n) is 12.2. The first kappa shape index (κ1) is 17.1. The minimum atomic E-state index is -0.652. The van der Waals surface area contributed by atoms with Gasteiger partial charge in [-0.25, -0.2) is 4.79 Å². The summed E-state index contributed by atoms with van der Waals surface area (Å²) in [6.07, 6.45) is 6.03. The maximum Gasteiger partial charge on any atom is 0.340 e. The summed E-state index contributed by atoms with van der Waals surface area (Å²) in [5, 5.41) is 3.22. The maximum atomic E-state index is 11.9. The van der Waals surface area contributed by atoms with Crippen LogP contribution in [0.2, 0.25) is 10.0 Å². The Kier molecular flexibility index (Phi) is 6.52. The summed E-state index contributed by atoms with van der Waals surface area (Å²) in [4.78, 5) is 23.6. The van der Waals surface area contributed by atoms with E-state index in [-0.39, 0.29) is 28.1 Å². The fourth-order valence-electron chi connectivity index (χ4n) is 2.57. The van der Waals surface area contributed by atoms with E-state index in [0.29, 0.717) is 12.5 Å². The molecular weight excluding hydrogens is 325 g/mol. The summed E-state index contributed by atoms with van der Waals surface area (Å²) in [6.45, 7) is 0.336. The number of carbonyl (C=O) groups excluding carboxylic acids is 2. The van der Waals surface area contributed by atoms with Gasteiger partial charge < -0.3 is 10.1 Å². The van der Waals surface area contributed by atoms with Crippen molar-refractivity contribution in [2.24, 2.45) is 5.92 Å². The van der Waals surface area contributed by atoms with Crippen LogP contribution in [0.1, 0.15) is 42.5 Å². The zero-order chi connectivity index (χ0) is 15.9. The van der Waals surface area contributed by atoms with Gasteiger partial charge in [0.15, 0.2) is 6.61 Å². The topological polar surface area (TPSA) is 55.4 Å². The average Bonchev–Trinajstić information content (AvgIpc) is 2.54. The lowest BCUT2D eigenvalue weighted by Gasteiger charge is -2.21. The van der Waals surface area contributed by atoms with Gasteiger partial charge in [-0.15, -0.1) is 0 Å². The summed E-state index contributed by atoms with van der Waals surface area (Å²) < 4.78 is 4.97. The van der Waals surface area contributed by atoms with Crippen molar-refractivity contribution in [3.63, 3.8) is 0 Å². The van der Waals surface area contributed by atoms with Crippen LogP contribution in [0.4, 0.5) is 0 Å². The number of rotatable bonds is 5. The predicted molar refractivity (Wildman–Crippen MR) is 86.3 cm³/mol. The Morgan fingerprint density at radius 2 is 1.91 bits per heavy atom. The van der Waals surface area contributed by atoms with Crippen molar-refractivity contribution < 1.29 is 14.3 Å². The third-order valence-electron chi connectivity index (χ3n) is 3.82. The molecule has 0 unspecified atom stereocenters. The van der Waals surface area contributed by atoms with E-state index in [4.69, 9.17) is 27.9 Å². The van der Waals surface area contributed by atoms with Crippen molar-refractivity contribution in [1.82, 2.24) is 5.32 Å². The molecule has 4 nitrogen and oxygen atoms in total. The van der Waals surface area contributed by atoms with Crippen LogP contribution < -0.4 is 5.32 Å². The molecule has 1 amide bonds. The molecule has 1 saturated carbocycles. The number of halogens is 2. The standard InChI is InChI=1S/C16H19Cl2NO3/c17-13-8-4-7-12(15(13)18)16(21)22-10-14(20)19-9-11-5-2-1-3-6-11/h4,7-8,11H,1-3,5-6,9-10H2,(H,19,20). The van der Waals surface area contributed by atoms with Crippen LogP contribution >= 0.6 is 23.2 Å². The normalized spacial score (nSPS) is 15.4. The van der Waals surface area contributed by atoms with Gasteiger partial charge in [-0.3, -0.25) is 4.79 Å². The summed E-state index contributed by atoms with van der Waals surface area (Å²) in [5.41, 5.74) is 0.161. The Morgan fingerprint density at radius 1 is 1.18 bits per heavy atom. The van der Waals surface area contributed by atoms with Gasteiger partial charge >= 0.3 is 5.97 Å². The Hall–Kier alpha value is -1.26. The fourth-order valence-corrected chi connectivity index (χ4v) is 2.95. The minimum absolute atomic E-state index is 0.136. The van der Waals surface area contributed by atoms with E-state index in [1.54, 1.807) is 12.1 Å². The first-order valence-electron chi connectivity index (χ1n) is 7.45. The van der Waals surface area contributed by atoms with Crippen LogP contribution in [0.15, 0.2) is 18.2 Å². The quantitative estimate of drug-likeness (QED) is 0.826. The number of esters is 1. The van der Waals surface area contributed by atoms with E-state index >= 15 is 0 Å². The number of ether oxygens (including phenoxy) is 1. The van der Waals surface area contributed by atoms with E-state index in [2.05, 4.69) is 5.32 Å². The molecule has 6 heteroatoms. The summed E-state index contributed by atoms with van der Waals surface area (Å²) >= 11 is 11.8. The van der Waals surface area contributed by atoms with E-state index in [1.165, 1.54) is 25.3 Å². The summed E-state index contributed by atoms with van der Waals surface area (Å²) in [7, 11) is 0. The molecule has 0 bridgehead atoms. The van der Waals surface area contributed by atoms with Crippen molar-refractivity contribution in [1.29, 1.82) is 0 Å². The molecule has 1 fully saturated rings. The van der Waals surface area contributed by atoms with E-state index < -0.39 is 5.97 Å². The van der Waals surface area contributed by atoms with Gasteiger partial charge in [-0.2, -0.15) is 0 Å². The van der Waals surface area contributed by atoms with Crippen LogP contribution in [0.3, 0.4) is 0 Å². The average molecular weight is 344 g/mol. The third-order valence-corrected chi connectivity index (χ3v) is 4.64. The molecule has 0 aliphatic heterocycles. The van der Waals surface area contributed by atoms with Crippen LogP contribution in [0.5, 0.6) is 0 Å². The van der Waals surface area contributed by atoms with Crippen LogP contribution in [0, 0.1) is 5.92 Å². The molecule has 0 saturated heterocycles. The van der Waals surface area contributed by atoms with Crippen molar-refractivity contribution in [2.45, 2.75) is 32.1 Å². The highest BCUT2D eigenvalue weighted by Gasteiger charge is 2.17. The smallest absolute Gasteiger partial charge is 0.340 e. The number of amides is 1. The molecular formula is C16H19Cl2NO3. The molecule has 0 atom stereocenters. The molecule has 1 aliphatic carbocycles. The summed E-state index contributed by atoms with van der Waals surface area (Å²) in [6, 6.07) is 4.70. The number of carbonyl (C=O) groups is 2. The Balaban J connectivity index is 1.75. The van der Waals surface area contributed by atoms with Gasteiger partial charge in [-0.05, 0) is 30.9 Å². The van der Waals surface area contributed by atoms with Crippen molar-refractivity contribution in [3.8, 4) is 0 Å². The van der Waals surface area contributed by atoms with E-state index in [1.807, 2.05) is 0 Å². The largest absolute Gasteiger partial charge is 0.452 e. The van der Waals surface area contributed by atoms with E-state index in [0.717, 1.165) is 12.8 Å². The molecule has 22 heavy (non-hydrogen) atoms. The Morgan fingerprint density at radius 3 is 2.64 bits per heavy atom. The molecule has 2 rings (SSSR count). The summed E-state index contributed by atoms with van der Waals surface area (Å²) in [5.74, 6) is -0.409. The second-order valence-corrected chi connectivity index (χ2v) is 6.27. The van der Waals surface area contributed by atoms with Crippen molar-refractivity contribution >= 4 is 35.1 Å². The molecule has 1 aromatic carbocycles. The molecule has 1 aliphatic rings. The van der Waals surface area contributed by atoms with Gasteiger partial charge in [0.25, 0.3) is 5.91 Å². The molecule has 0 radical (unpaired) electrons. The fraction of sp³-hybridized carbons (Fsp3) is 0.500. The number of hydrogen-bond acceptors (Lipinski definition) is 3. The van der Waals surface area contributed by atoms with Gasteiger partial charge in [0, 0.05) is 6.54 Å². The number of nitrogens with one attached hydrogen (secondary N) is 1. The first-order valence-corrected chi connectivity index (χ1v) is 8.21. The Bertz CT molecular complexity index is 542. The van der Waals surface area contributed by atoms with Gasteiger partial charge in [0.05, 0.1) is 15.6 Å². The monoisotopic (exact) mass is 343 g/mol. The lowest BCUT2D eigenvalue weighted by atomic mass is 9.89. The SMILES string of the molecule is O=C(COC(=O)c1cccc(Cl)c1Cl)NCC1CCCCC1. The van der Waals surface area contributed by atoms with Crippen LogP contribution in [0.25, 0.3) is 0 Å². The lowest BCUT2D eigenvalue weighted by Crippen LogP contribution is -2.33. The minimum Gasteiger partial charge on any atom is -0.452 e. The highest BCUT2D eigenvalue weighted by molar-refractivity contribution is 6.43. The second-order valence-electron chi connectivity index (χ2n) is 5.49. The third kappa shape index (κ3) is 4.89. The predicted octanol–water partition coefficient (Wildman–Crippen LogP) is 3.85. The molecule has 0 aromatic heterocycles. The highest BCUT2D eigenvalue weighted by atomic mass is 35.5. The number of benzene rings is 1. The van der Waals surface area contributed by atoms with Crippen LogP contribution in [-0.2, 0) is 9.53 Å². The second kappa shape index (κ2) is 8.39. The molecule has 1 N–H and O–H groups in total. The molecule has 0 spiro atoms. The first-order chi connectivity index (χ1) is 10.6. The van der Waals surface area contributed by atoms with Gasteiger partial charge in [0.2, 0.25) is 0 Å². The maximum absolute atomic E-state index is 11.9. The van der Waals surface area contributed by atoms with E-state index in [9.17, 15) is 9.59 Å². The molecule has 1 aromatic rings. The van der Waals surface area contributed by atoms with Crippen molar-refractivity contribution in [2.75, 3.05) is 13.2 Å². The number of hydrogen-bond donors (Lipinski definition) is 1. The van der Waals surface area contributed by atoms with Gasteiger partial charge in [-0.1, -0.05) is 48.5 Å². The van der Waals surface area contributed by atoms with Crippen LogP contribution in [-0.4, -0.2) is 25.0 Å². The highest BCUT2D eigenvalue weighted by Crippen LogP contribution is 2.26.